The van der Waals surface area contributed by atoms with Gasteiger partial charge in [-0.2, -0.15) is 0 Å². The predicted octanol–water partition coefficient (Wildman–Crippen LogP) is 2.29. The predicted molar refractivity (Wildman–Crippen MR) is 113 cm³/mol. The maximum absolute atomic E-state index is 5.60. The lowest BCUT2D eigenvalue weighted by molar-refractivity contribution is 0.255. The number of likely N-dealkylation sites (N-methyl/N-ethyl adjacent to an activating group) is 1. The zero-order valence-corrected chi connectivity index (χ0v) is 17.3. The van der Waals surface area contributed by atoms with Gasteiger partial charge in [-0.15, -0.1) is 0 Å². The van der Waals surface area contributed by atoms with E-state index in [9.17, 15) is 0 Å². The number of piperazine rings is 1. The molecule has 0 aliphatic carbocycles. The maximum atomic E-state index is 5.60. The Labute approximate surface area is 167 Å². The zero-order valence-electron chi connectivity index (χ0n) is 17.3. The topological polar surface area (TPSA) is 56.5 Å². The highest BCUT2D eigenvalue weighted by Crippen LogP contribution is 2.28. The Morgan fingerprint density at radius 2 is 1.93 bits per heavy atom. The Bertz CT molecular complexity index is 752. The lowest BCUT2D eigenvalue weighted by atomic mass is 10.2. The van der Waals surface area contributed by atoms with E-state index in [4.69, 9.17) is 9.15 Å². The van der Waals surface area contributed by atoms with Gasteiger partial charge in [0.25, 0.3) is 0 Å². The van der Waals surface area contributed by atoms with Gasteiger partial charge in [0.2, 0.25) is 0 Å². The first-order valence-corrected chi connectivity index (χ1v) is 9.67. The number of nitrogens with one attached hydrogen (secondary N) is 1. The Balaban J connectivity index is 1.58. The fraction of sp³-hybridized carbons (Fsp3) is 0.476. The first-order valence-electron chi connectivity index (χ1n) is 9.67. The number of hydrogen-bond donors (Lipinski definition) is 1. The second-order valence-electron chi connectivity index (χ2n) is 7.07. The number of ether oxygens (including phenoxy) is 1. The standard InChI is InChI=1S/C21H31N5O2/c1-22-21(23-16-18(24(2)3)20-10-7-15-28-20)26-13-11-25(12-14-26)17-8-5-6-9-19(17)27-4/h5-10,15,18H,11-14,16H2,1-4H3,(H,22,23). The quantitative estimate of drug-likeness (QED) is 0.608. The number of methoxy groups -OCH3 is 1. The molecule has 0 bridgehead atoms. The van der Waals surface area contributed by atoms with Crippen LogP contribution in [0.25, 0.3) is 0 Å². The van der Waals surface area contributed by atoms with E-state index in [0.717, 1.165) is 55.9 Å². The maximum Gasteiger partial charge on any atom is 0.193 e. The van der Waals surface area contributed by atoms with Crippen molar-refractivity contribution < 1.29 is 9.15 Å². The summed E-state index contributed by atoms with van der Waals surface area (Å²) in [5.41, 5.74) is 1.15. The van der Waals surface area contributed by atoms with Gasteiger partial charge in [-0.25, -0.2) is 0 Å². The zero-order chi connectivity index (χ0) is 19.9. The largest absolute Gasteiger partial charge is 0.495 e. The van der Waals surface area contributed by atoms with E-state index in [1.165, 1.54) is 0 Å². The van der Waals surface area contributed by atoms with Crippen LogP contribution < -0.4 is 15.0 Å². The smallest absolute Gasteiger partial charge is 0.193 e. The molecular weight excluding hydrogens is 354 g/mol. The molecule has 1 saturated heterocycles. The summed E-state index contributed by atoms with van der Waals surface area (Å²) in [4.78, 5) is 11.3. The SMILES string of the molecule is CN=C(NCC(c1ccco1)N(C)C)N1CCN(c2ccccc2OC)CC1. The molecule has 152 valence electrons. The highest BCUT2D eigenvalue weighted by molar-refractivity contribution is 5.80. The van der Waals surface area contributed by atoms with Gasteiger partial charge in [-0.1, -0.05) is 12.1 Å². The summed E-state index contributed by atoms with van der Waals surface area (Å²) in [6, 6.07) is 12.3. The third-order valence-corrected chi connectivity index (χ3v) is 5.17. The average Bonchev–Trinajstić information content (AvgIpc) is 3.25. The molecule has 1 aromatic carbocycles. The van der Waals surface area contributed by atoms with Gasteiger partial charge in [-0.05, 0) is 38.4 Å². The van der Waals surface area contributed by atoms with Crippen LogP contribution in [-0.2, 0) is 0 Å². The molecule has 1 aromatic heterocycles. The van der Waals surface area contributed by atoms with E-state index >= 15 is 0 Å². The van der Waals surface area contributed by atoms with Gasteiger partial charge >= 0.3 is 0 Å². The number of hydrogen-bond acceptors (Lipinski definition) is 5. The molecule has 1 N–H and O–H groups in total. The van der Waals surface area contributed by atoms with Gasteiger partial charge in [0, 0.05) is 39.8 Å². The number of furan rings is 1. The van der Waals surface area contributed by atoms with Crippen LogP contribution in [0.1, 0.15) is 11.8 Å². The Kier molecular flexibility index (Phi) is 6.81. The molecule has 2 aromatic rings. The highest BCUT2D eigenvalue weighted by Gasteiger charge is 2.23. The van der Waals surface area contributed by atoms with Gasteiger partial charge in [0.1, 0.15) is 11.5 Å². The van der Waals surface area contributed by atoms with Gasteiger partial charge < -0.3 is 24.3 Å². The molecule has 28 heavy (non-hydrogen) atoms. The van der Waals surface area contributed by atoms with Crippen molar-refractivity contribution in [2.45, 2.75) is 6.04 Å². The summed E-state index contributed by atoms with van der Waals surface area (Å²) < 4.78 is 11.1. The molecule has 1 atom stereocenters. The summed E-state index contributed by atoms with van der Waals surface area (Å²) in [6.07, 6.45) is 1.72. The van der Waals surface area contributed by atoms with E-state index in [2.05, 4.69) is 51.2 Å². The molecule has 0 saturated carbocycles. The third-order valence-electron chi connectivity index (χ3n) is 5.17. The van der Waals surface area contributed by atoms with Gasteiger partial charge in [0.05, 0.1) is 25.1 Å². The monoisotopic (exact) mass is 385 g/mol. The normalized spacial score (nSPS) is 16.4. The lowest BCUT2D eigenvalue weighted by Crippen LogP contribution is -2.53. The third kappa shape index (κ3) is 4.59. The number of aliphatic imine (C=N–C) groups is 1. The molecule has 3 rings (SSSR count). The van der Waals surface area contributed by atoms with Crippen molar-refractivity contribution in [2.24, 2.45) is 4.99 Å². The van der Waals surface area contributed by atoms with Crippen LogP contribution in [0.4, 0.5) is 5.69 Å². The molecule has 0 amide bonds. The van der Waals surface area contributed by atoms with Crippen LogP contribution in [0, 0.1) is 0 Å². The molecule has 7 heteroatoms. The fourth-order valence-corrected chi connectivity index (χ4v) is 3.59. The summed E-state index contributed by atoms with van der Waals surface area (Å²) in [6.45, 7) is 4.41. The van der Waals surface area contributed by atoms with Crippen molar-refractivity contribution in [2.75, 3.05) is 65.9 Å². The van der Waals surface area contributed by atoms with Gasteiger partial charge in [0.15, 0.2) is 5.96 Å². The van der Waals surface area contributed by atoms with Crippen LogP contribution in [0.2, 0.25) is 0 Å². The van der Waals surface area contributed by atoms with Crippen molar-refractivity contribution in [1.29, 1.82) is 0 Å². The minimum absolute atomic E-state index is 0.154. The minimum Gasteiger partial charge on any atom is -0.495 e. The summed E-state index contributed by atoms with van der Waals surface area (Å²) >= 11 is 0. The number of rotatable bonds is 6. The van der Waals surface area contributed by atoms with Crippen molar-refractivity contribution in [3.8, 4) is 5.75 Å². The number of benzene rings is 1. The van der Waals surface area contributed by atoms with Crippen molar-refractivity contribution in [1.82, 2.24) is 15.1 Å². The van der Waals surface area contributed by atoms with Crippen LogP contribution in [-0.4, -0.2) is 76.7 Å². The molecule has 0 radical (unpaired) electrons. The number of guanidine groups is 1. The molecule has 7 nitrogen and oxygen atoms in total. The van der Waals surface area contributed by atoms with E-state index in [1.54, 1.807) is 13.4 Å². The van der Waals surface area contributed by atoms with E-state index in [1.807, 2.05) is 31.3 Å². The first-order chi connectivity index (χ1) is 13.6. The van der Waals surface area contributed by atoms with Crippen LogP contribution >= 0.6 is 0 Å². The Hall–Kier alpha value is -2.67. The minimum atomic E-state index is 0.154. The molecule has 1 aliphatic heterocycles. The number of nitrogens with zero attached hydrogens (tertiary/aromatic N) is 4. The number of para-hydroxylation sites is 2. The summed E-state index contributed by atoms with van der Waals surface area (Å²) in [5.74, 6) is 2.80. The van der Waals surface area contributed by atoms with Crippen molar-refractivity contribution in [3.05, 3.63) is 48.4 Å². The lowest BCUT2D eigenvalue weighted by Gasteiger charge is -2.38. The number of anilines is 1. The summed E-state index contributed by atoms with van der Waals surface area (Å²) in [7, 11) is 7.68. The molecule has 0 spiro atoms. The van der Waals surface area contributed by atoms with E-state index in [0.29, 0.717) is 0 Å². The van der Waals surface area contributed by atoms with Crippen LogP contribution in [0.3, 0.4) is 0 Å². The molecule has 1 aliphatic rings. The Morgan fingerprint density at radius 3 is 2.54 bits per heavy atom. The molecule has 1 unspecified atom stereocenters. The molecule has 1 fully saturated rings. The first kappa shape index (κ1) is 20.1. The van der Waals surface area contributed by atoms with Crippen molar-refractivity contribution >= 4 is 11.6 Å². The average molecular weight is 386 g/mol. The summed E-state index contributed by atoms with van der Waals surface area (Å²) in [5, 5.41) is 3.52. The van der Waals surface area contributed by atoms with Crippen LogP contribution in [0.5, 0.6) is 5.75 Å². The molecular formula is C21H31N5O2. The highest BCUT2D eigenvalue weighted by atomic mass is 16.5. The van der Waals surface area contributed by atoms with Crippen LogP contribution in [0.15, 0.2) is 52.1 Å². The van der Waals surface area contributed by atoms with E-state index in [-0.39, 0.29) is 6.04 Å². The Morgan fingerprint density at radius 1 is 1.18 bits per heavy atom. The fourth-order valence-electron chi connectivity index (χ4n) is 3.59. The second kappa shape index (κ2) is 9.50. The van der Waals surface area contributed by atoms with E-state index < -0.39 is 0 Å². The van der Waals surface area contributed by atoms with Crippen molar-refractivity contribution in [3.63, 3.8) is 0 Å². The second-order valence-corrected chi connectivity index (χ2v) is 7.07. The molecule has 2 heterocycles. The van der Waals surface area contributed by atoms with Gasteiger partial charge in [-0.3, -0.25) is 9.89 Å².